The highest BCUT2D eigenvalue weighted by atomic mass is 16.1. The third kappa shape index (κ3) is 4.66. The fraction of sp³-hybridized carbons (Fsp3) is 0.444. The van der Waals surface area contributed by atoms with Crippen LogP contribution >= 0.6 is 0 Å². The Morgan fingerprint density at radius 3 is 2.30 bits per heavy atom. The Morgan fingerprint density at radius 2 is 1.78 bits per heavy atom. The van der Waals surface area contributed by atoms with Gasteiger partial charge in [-0.05, 0) is 39.1 Å². The lowest BCUT2D eigenvalue weighted by Crippen LogP contribution is -2.25. The highest BCUT2D eigenvalue weighted by Crippen LogP contribution is 2.12. The molecule has 0 aliphatic carbocycles. The number of rotatable bonds is 6. The van der Waals surface area contributed by atoms with Crippen LogP contribution in [0.5, 0.6) is 0 Å². The predicted octanol–water partition coefficient (Wildman–Crippen LogP) is 1.96. The molecule has 124 valence electrons. The molecule has 2 rings (SSSR count). The molecular weight excluding hydrogens is 288 g/mol. The molecular formula is C18H26N4O. The highest BCUT2D eigenvalue weighted by molar-refractivity contribution is 5.79. The molecule has 0 aliphatic heterocycles. The quantitative estimate of drug-likeness (QED) is 0.887. The second-order valence-corrected chi connectivity index (χ2v) is 6.28. The van der Waals surface area contributed by atoms with Crippen LogP contribution < -0.4 is 5.32 Å². The van der Waals surface area contributed by atoms with E-state index in [1.54, 1.807) is 0 Å². The van der Waals surface area contributed by atoms with E-state index in [9.17, 15) is 4.79 Å². The lowest BCUT2D eigenvalue weighted by atomic mass is 10.1. The molecule has 2 aromatic rings. The van der Waals surface area contributed by atoms with Gasteiger partial charge < -0.3 is 10.2 Å². The Hall–Kier alpha value is -2.14. The molecule has 0 unspecified atom stereocenters. The number of nitrogens with zero attached hydrogens (tertiary/aromatic N) is 3. The summed E-state index contributed by atoms with van der Waals surface area (Å²) in [6.07, 6.45) is 0.379. The first-order valence-electron chi connectivity index (χ1n) is 7.85. The normalized spacial score (nSPS) is 11.0. The minimum Gasteiger partial charge on any atom is -0.352 e. The smallest absolute Gasteiger partial charge is 0.224 e. The van der Waals surface area contributed by atoms with Gasteiger partial charge in [-0.25, -0.2) is 0 Å². The predicted molar refractivity (Wildman–Crippen MR) is 92.1 cm³/mol. The van der Waals surface area contributed by atoms with Gasteiger partial charge in [-0.2, -0.15) is 5.10 Å². The maximum atomic E-state index is 12.2. The second-order valence-electron chi connectivity index (χ2n) is 6.28. The van der Waals surface area contributed by atoms with Gasteiger partial charge in [-0.1, -0.05) is 24.3 Å². The molecule has 5 heteroatoms. The first-order valence-corrected chi connectivity index (χ1v) is 7.85. The zero-order valence-electron chi connectivity index (χ0n) is 14.7. The Balaban J connectivity index is 1.89. The number of aromatic nitrogens is 2. The van der Waals surface area contributed by atoms with Gasteiger partial charge in [0, 0.05) is 31.4 Å². The molecule has 1 heterocycles. The van der Waals surface area contributed by atoms with Crippen LogP contribution in [0.1, 0.15) is 28.1 Å². The molecule has 0 saturated heterocycles. The molecule has 1 amide bonds. The summed E-state index contributed by atoms with van der Waals surface area (Å²) < 4.78 is 1.82. The van der Waals surface area contributed by atoms with E-state index in [-0.39, 0.29) is 5.91 Å². The van der Waals surface area contributed by atoms with Crippen LogP contribution in [0, 0.1) is 13.8 Å². The van der Waals surface area contributed by atoms with Crippen LogP contribution in [0.25, 0.3) is 0 Å². The van der Waals surface area contributed by atoms with Crippen molar-refractivity contribution in [1.82, 2.24) is 20.0 Å². The zero-order chi connectivity index (χ0) is 17.0. The number of amides is 1. The van der Waals surface area contributed by atoms with Gasteiger partial charge in [-0.3, -0.25) is 9.48 Å². The van der Waals surface area contributed by atoms with Crippen LogP contribution in [0.15, 0.2) is 24.3 Å². The summed E-state index contributed by atoms with van der Waals surface area (Å²) in [7, 11) is 6.01. The number of benzene rings is 1. The lowest BCUT2D eigenvalue weighted by Gasteiger charge is -2.10. The van der Waals surface area contributed by atoms with Gasteiger partial charge in [0.05, 0.1) is 12.1 Å². The largest absolute Gasteiger partial charge is 0.352 e. The minimum absolute atomic E-state index is 0.0292. The molecule has 0 bridgehead atoms. The van der Waals surface area contributed by atoms with E-state index in [0.29, 0.717) is 13.0 Å². The van der Waals surface area contributed by atoms with Crippen molar-refractivity contribution in [1.29, 1.82) is 0 Å². The summed E-state index contributed by atoms with van der Waals surface area (Å²) in [5.74, 6) is 0.0292. The second kappa shape index (κ2) is 7.42. The van der Waals surface area contributed by atoms with E-state index in [1.165, 1.54) is 5.56 Å². The van der Waals surface area contributed by atoms with Crippen LogP contribution in [0.2, 0.25) is 0 Å². The monoisotopic (exact) mass is 314 g/mol. The third-order valence-electron chi connectivity index (χ3n) is 4.01. The molecule has 0 radical (unpaired) electrons. The molecule has 5 nitrogen and oxygen atoms in total. The number of carbonyl (C=O) groups is 1. The topological polar surface area (TPSA) is 50.2 Å². The maximum Gasteiger partial charge on any atom is 0.224 e. The van der Waals surface area contributed by atoms with Gasteiger partial charge in [-0.15, -0.1) is 0 Å². The molecule has 0 aliphatic rings. The summed E-state index contributed by atoms with van der Waals surface area (Å²) in [5.41, 5.74) is 5.37. The standard InChI is InChI=1S/C18H26N4O/c1-13-17(14(2)22(5)20-13)10-18(23)19-11-15-6-8-16(9-7-15)12-21(3)4/h6-9H,10-12H2,1-5H3,(H,19,23). The fourth-order valence-electron chi connectivity index (χ4n) is 2.62. The Morgan fingerprint density at radius 1 is 1.17 bits per heavy atom. The Kier molecular flexibility index (Phi) is 5.55. The number of carbonyl (C=O) groups excluding carboxylic acids is 1. The summed E-state index contributed by atoms with van der Waals surface area (Å²) in [6.45, 7) is 5.41. The number of hydrogen-bond donors (Lipinski definition) is 1. The Bertz CT molecular complexity index is 671. The lowest BCUT2D eigenvalue weighted by molar-refractivity contribution is -0.120. The number of aryl methyl sites for hydroxylation is 2. The van der Waals surface area contributed by atoms with E-state index in [4.69, 9.17) is 0 Å². The van der Waals surface area contributed by atoms with E-state index < -0.39 is 0 Å². The molecule has 1 aromatic heterocycles. The molecule has 1 aromatic carbocycles. The van der Waals surface area contributed by atoms with Gasteiger partial charge in [0.2, 0.25) is 5.91 Å². The highest BCUT2D eigenvalue weighted by Gasteiger charge is 2.13. The molecule has 23 heavy (non-hydrogen) atoms. The third-order valence-corrected chi connectivity index (χ3v) is 4.01. The van der Waals surface area contributed by atoms with Crippen molar-refractivity contribution >= 4 is 5.91 Å². The molecule has 0 fully saturated rings. The van der Waals surface area contributed by atoms with Gasteiger partial charge in [0.25, 0.3) is 0 Å². The summed E-state index contributed by atoms with van der Waals surface area (Å²) in [6, 6.07) is 8.35. The first kappa shape index (κ1) is 17.2. The summed E-state index contributed by atoms with van der Waals surface area (Å²) in [5, 5.41) is 7.33. The van der Waals surface area contributed by atoms with Crippen molar-refractivity contribution in [3.05, 3.63) is 52.3 Å². The van der Waals surface area contributed by atoms with Crippen LogP contribution in [0.3, 0.4) is 0 Å². The molecule has 0 atom stereocenters. The average molecular weight is 314 g/mol. The van der Waals surface area contributed by atoms with Gasteiger partial charge in [0.1, 0.15) is 0 Å². The van der Waals surface area contributed by atoms with Crippen molar-refractivity contribution in [2.24, 2.45) is 7.05 Å². The van der Waals surface area contributed by atoms with Gasteiger partial charge in [0.15, 0.2) is 0 Å². The van der Waals surface area contributed by atoms with E-state index >= 15 is 0 Å². The zero-order valence-corrected chi connectivity index (χ0v) is 14.7. The van der Waals surface area contributed by atoms with Crippen molar-refractivity contribution in [3.63, 3.8) is 0 Å². The SMILES string of the molecule is Cc1nn(C)c(C)c1CC(=O)NCc1ccc(CN(C)C)cc1. The first-order chi connectivity index (χ1) is 10.9. The summed E-state index contributed by atoms with van der Waals surface area (Å²) in [4.78, 5) is 14.3. The van der Waals surface area contributed by atoms with Crippen LogP contribution in [0.4, 0.5) is 0 Å². The number of hydrogen-bond acceptors (Lipinski definition) is 3. The van der Waals surface area contributed by atoms with Crippen molar-refractivity contribution in [2.75, 3.05) is 14.1 Å². The van der Waals surface area contributed by atoms with Crippen molar-refractivity contribution in [3.8, 4) is 0 Å². The Labute approximate surface area is 138 Å². The van der Waals surface area contributed by atoms with E-state index in [0.717, 1.165) is 29.1 Å². The average Bonchev–Trinajstić information content (AvgIpc) is 2.72. The van der Waals surface area contributed by atoms with Crippen LogP contribution in [-0.4, -0.2) is 34.7 Å². The fourth-order valence-corrected chi connectivity index (χ4v) is 2.62. The maximum absolute atomic E-state index is 12.2. The van der Waals surface area contributed by atoms with E-state index in [2.05, 4.69) is 53.7 Å². The molecule has 1 N–H and O–H groups in total. The van der Waals surface area contributed by atoms with Gasteiger partial charge >= 0.3 is 0 Å². The molecule has 0 spiro atoms. The van der Waals surface area contributed by atoms with Crippen molar-refractivity contribution in [2.45, 2.75) is 33.4 Å². The number of nitrogens with one attached hydrogen (secondary N) is 1. The van der Waals surface area contributed by atoms with Crippen LogP contribution in [-0.2, 0) is 31.4 Å². The summed E-state index contributed by atoms with van der Waals surface area (Å²) >= 11 is 0. The molecule has 0 saturated carbocycles. The van der Waals surface area contributed by atoms with E-state index in [1.807, 2.05) is 25.6 Å². The minimum atomic E-state index is 0.0292. The van der Waals surface area contributed by atoms with Crippen molar-refractivity contribution < 1.29 is 4.79 Å².